The van der Waals surface area contributed by atoms with Gasteiger partial charge < -0.3 is 21.3 Å². The molecule has 33 heavy (non-hydrogen) atoms. The second-order valence-corrected chi connectivity index (χ2v) is 9.16. The number of carbonyl (C=O) groups is 6. The average molecular weight is 466 g/mol. The van der Waals surface area contributed by atoms with E-state index in [9.17, 15) is 28.8 Å². The van der Waals surface area contributed by atoms with E-state index in [1.165, 1.54) is 6.92 Å². The predicted molar refractivity (Wildman–Crippen MR) is 120 cm³/mol. The molecule has 0 bridgehead atoms. The van der Waals surface area contributed by atoms with Crippen LogP contribution in [0.1, 0.15) is 53.9 Å². The number of amides is 6. The molecule has 0 saturated carbocycles. The van der Waals surface area contributed by atoms with E-state index >= 15 is 0 Å². The molecule has 6 amide bonds. The second kappa shape index (κ2) is 12.7. The van der Waals surface area contributed by atoms with Crippen molar-refractivity contribution in [2.24, 2.45) is 5.41 Å². The van der Waals surface area contributed by atoms with E-state index in [1.54, 1.807) is 6.92 Å². The van der Waals surface area contributed by atoms with E-state index in [0.717, 1.165) is 17.1 Å². The molecule has 11 heteroatoms. The van der Waals surface area contributed by atoms with Gasteiger partial charge in [0.1, 0.15) is 12.1 Å². The van der Waals surface area contributed by atoms with Gasteiger partial charge >= 0.3 is 0 Å². The zero-order chi connectivity index (χ0) is 25.2. The maximum Gasteiger partial charge on any atom is 0.253 e. The summed E-state index contributed by atoms with van der Waals surface area (Å²) in [5, 5.41) is 10.5. The van der Waals surface area contributed by atoms with Gasteiger partial charge in [-0.05, 0) is 25.7 Å². The third-order valence-corrected chi connectivity index (χ3v) is 4.68. The van der Waals surface area contributed by atoms with Crippen molar-refractivity contribution in [3.63, 3.8) is 0 Å². The van der Waals surface area contributed by atoms with Crippen LogP contribution >= 0.6 is 0 Å². The third-order valence-electron chi connectivity index (χ3n) is 4.68. The molecule has 0 aromatic rings. The Balaban J connectivity index is 2.22. The molecule has 4 N–H and O–H groups in total. The predicted octanol–water partition coefficient (Wildman–Crippen LogP) is -0.630. The molecule has 0 fully saturated rings. The van der Waals surface area contributed by atoms with Crippen molar-refractivity contribution in [3.05, 3.63) is 12.2 Å². The highest BCUT2D eigenvalue weighted by Gasteiger charge is 2.24. The number of nitrogens with one attached hydrogen (secondary N) is 4. The average Bonchev–Trinajstić information content (AvgIpc) is 3.04. The van der Waals surface area contributed by atoms with Gasteiger partial charge in [0.05, 0.1) is 0 Å². The van der Waals surface area contributed by atoms with Crippen molar-refractivity contribution in [2.45, 2.75) is 66.0 Å². The zero-order valence-corrected chi connectivity index (χ0v) is 19.9. The first-order valence-corrected chi connectivity index (χ1v) is 11.0. The van der Waals surface area contributed by atoms with Gasteiger partial charge in [0.2, 0.25) is 23.6 Å². The van der Waals surface area contributed by atoms with Crippen LogP contribution in [0.3, 0.4) is 0 Å². The number of imide groups is 1. The van der Waals surface area contributed by atoms with Crippen LogP contribution in [0, 0.1) is 5.41 Å². The maximum absolute atomic E-state index is 12.2. The fraction of sp³-hybridized carbons (Fsp3) is 0.636. The molecule has 2 unspecified atom stereocenters. The molecule has 1 aliphatic rings. The van der Waals surface area contributed by atoms with Gasteiger partial charge in [-0.2, -0.15) is 0 Å². The highest BCUT2D eigenvalue weighted by Crippen LogP contribution is 2.10. The van der Waals surface area contributed by atoms with Gasteiger partial charge in [0, 0.05) is 44.6 Å². The first-order valence-electron chi connectivity index (χ1n) is 11.0. The maximum atomic E-state index is 12.2. The fourth-order valence-corrected chi connectivity index (χ4v) is 2.72. The Labute approximate surface area is 194 Å². The van der Waals surface area contributed by atoms with Crippen molar-refractivity contribution in [2.75, 3.05) is 19.6 Å². The van der Waals surface area contributed by atoms with Gasteiger partial charge in [0.15, 0.2) is 0 Å². The van der Waals surface area contributed by atoms with Crippen molar-refractivity contribution >= 4 is 35.4 Å². The van der Waals surface area contributed by atoms with E-state index in [2.05, 4.69) is 21.3 Å². The molecule has 2 atom stereocenters. The Kier molecular flexibility index (Phi) is 10.7. The smallest absolute Gasteiger partial charge is 0.253 e. The van der Waals surface area contributed by atoms with E-state index in [0.29, 0.717) is 13.0 Å². The van der Waals surface area contributed by atoms with Crippen LogP contribution in [-0.2, 0) is 28.8 Å². The molecule has 0 aromatic heterocycles. The van der Waals surface area contributed by atoms with Crippen LogP contribution < -0.4 is 21.3 Å². The Morgan fingerprint density at radius 2 is 1.42 bits per heavy atom. The Hall–Kier alpha value is -3.24. The molecular formula is C22H35N5O6. The lowest BCUT2D eigenvalue weighted by Gasteiger charge is -2.22. The minimum absolute atomic E-state index is 0.00371. The lowest BCUT2D eigenvalue weighted by molar-refractivity contribution is -0.137. The molecular weight excluding hydrogens is 430 g/mol. The number of nitrogens with zero attached hydrogens (tertiary/aromatic N) is 1. The Morgan fingerprint density at radius 1 is 0.848 bits per heavy atom. The lowest BCUT2D eigenvalue weighted by atomic mass is 9.97. The van der Waals surface area contributed by atoms with Gasteiger partial charge in [-0.3, -0.25) is 33.7 Å². The van der Waals surface area contributed by atoms with Crippen LogP contribution in [0.4, 0.5) is 0 Å². The minimum atomic E-state index is -0.825. The van der Waals surface area contributed by atoms with E-state index in [-0.39, 0.29) is 49.1 Å². The number of rotatable bonds is 12. The van der Waals surface area contributed by atoms with Gasteiger partial charge in [-0.15, -0.1) is 0 Å². The largest absolute Gasteiger partial charge is 0.356 e. The molecule has 0 saturated heterocycles. The topological polar surface area (TPSA) is 154 Å². The monoisotopic (exact) mass is 465 g/mol. The molecule has 184 valence electrons. The zero-order valence-electron chi connectivity index (χ0n) is 19.9. The highest BCUT2D eigenvalue weighted by molar-refractivity contribution is 6.13. The third kappa shape index (κ3) is 10.8. The van der Waals surface area contributed by atoms with Crippen molar-refractivity contribution < 1.29 is 28.8 Å². The van der Waals surface area contributed by atoms with Gasteiger partial charge in [0.25, 0.3) is 11.8 Å². The van der Waals surface area contributed by atoms with Crippen molar-refractivity contribution in [3.8, 4) is 0 Å². The first kappa shape index (κ1) is 27.8. The summed E-state index contributed by atoms with van der Waals surface area (Å²) in [6.45, 7) is 9.74. The van der Waals surface area contributed by atoms with Crippen LogP contribution in [0.5, 0.6) is 0 Å². The molecule has 1 rings (SSSR count). The summed E-state index contributed by atoms with van der Waals surface area (Å²) < 4.78 is 0. The fourth-order valence-electron chi connectivity index (χ4n) is 2.72. The Morgan fingerprint density at radius 3 is 2.00 bits per heavy atom. The minimum Gasteiger partial charge on any atom is -0.356 e. The molecule has 0 spiro atoms. The first-order chi connectivity index (χ1) is 15.3. The molecule has 11 nitrogen and oxygen atoms in total. The molecule has 0 radical (unpaired) electrons. The molecule has 1 aliphatic heterocycles. The Bertz CT molecular complexity index is 784. The molecule has 1 heterocycles. The van der Waals surface area contributed by atoms with Crippen LogP contribution in [0.25, 0.3) is 0 Å². The van der Waals surface area contributed by atoms with E-state index in [1.807, 2.05) is 20.8 Å². The summed E-state index contributed by atoms with van der Waals surface area (Å²) in [5.41, 5.74) is -0.0798. The number of hydrogen-bond acceptors (Lipinski definition) is 6. The molecule has 0 aromatic carbocycles. The normalized spacial score (nSPS) is 15.1. The quantitative estimate of drug-likeness (QED) is 0.222. The summed E-state index contributed by atoms with van der Waals surface area (Å²) in [5.74, 6) is -2.37. The summed E-state index contributed by atoms with van der Waals surface area (Å²) in [7, 11) is 0. The van der Waals surface area contributed by atoms with Crippen LogP contribution in [0.2, 0.25) is 0 Å². The van der Waals surface area contributed by atoms with Crippen molar-refractivity contribution in [1.82, 2.24) is 26.2 Å². The summed E-state index contributed by atoms with van der Waals surface area (Å²) >= 11 is 0. The second-order valence-electron chi connectivity index (χ2n) is 9.16. The van der Waals surface area contributed by atoms with E-state index in [4.69, 9.17) is 0 Å². The van der Waals surface area contributed by atoms with E-state index < -0.39 is 29.8 Å². The van der Waals surface area contributed by atoms with Crippen LogP contribution in [0.15, 0.2) is 12.2 Å². The van der Waals surface area contributed by atoms with Gasteiger partial charge in [-0.1, -0.05) is 20.8 Å². The standard InChI is InChI=1S/C22H35N5O6/c1-14(20(32)24-13-22(3,4)5)26-21(33)15(2)25-17(29)7-6-11-23-16(28)10-12-27-18(30)8-9-19(27)31/h8-9,14-15H,6-7,10-13H2,1-5H3,(H,23,28)(H,24,32)(H,25,29)(H,26,33). The number of carbonyl (C=O) groups excluding carboxylic acids is 6. The SMILES string of the molecule is CC(NC(=O)CCCNC(=O)CCN1C(=O)C=CC1=O)C(=O)NC(C)C(=O)NCC(C)(C)C. The molecule has 0 aliphatic carbocycles. The van der Waals surface area contributed by atoms with Crippen molar-refractivity contribution in [1.29, 1.82) is 0 Å². The number of hydrogen-bond donors (Lipinski definition) is 4. The summed E-state index contributed by atoms with van der Waals surface area (Å²) in [6.07, 6.45) is 2.72. The van der Waals surface area contributed by atoms with Gasteiger partial charge in [-0.25, -0.2) is 0 Å². The van der Waals surface area contributed by atoms with Crippen LogP contribution in [-0.4, -0.2) is 72.1 Å². The lowest BCUT2D eigenvalue weighted by Crippen LogP contribution is -2.52. The summed E-state index contributed by atoms with van der Waals surface area (Å²) in [4.78, 5) is 72.0. The summed E-state index contributed by atoms with van der Waals surface area (Å²) in [6, 6.07) is -1.56. The highest BCUT2D eigenvalue weighted by atomic mass is 16.2.